The van der Waals surface area contributed by atoms with Gasteiger partial charge in [-0.25, -0.2) is 0 Å². The van der Waals surface area contributed by atoms with E-state index in [-0.39, 0.29) is 26.1 Å². The maximum Gasteiger partial charge on any atom is 0.306 e. The van der Waals surface area contributed by atoms with Crippen molar-refractivity contribution in [2.75, 3.05) is 47.5 Å². The van der Waals surface area contributed by atoms with Crippen LogP contribution in [-0.4, -0.2) is 70.0 Å². The fourth-order valence-electron chi connectivity index (χ4n) is 5.43. The van der Waals surface area contributed by atoms with Gasteiger partial charge in [0.15, 0.2) is 6.10 Å². The van der Waals surface area contributed by atoms with Crippen LogP contribution >= 0.6 is 7.82 Å². The van der Waals surface area contributed by atoms with E-state index in [9.17, 15) is 19.0 Å². The van der Waals surface area contributed by atoms with Crippen molar-refractivity contribution in [3.05, 3.63) is 24.3 Å². The third-order valence-electron chi connectivity index (χ3n) is 8.72. The lowest BCUT2D eigenvalue weighted by atomic mass is 10.0. The van der Waals surface area contributed by atoms with Crippen LogP contribution < -0.4 is 4.89 Å². The van der Waals surface area contributed by atoms with Crippen LogP contribution in [0.5, 0.6) is 0 Å². The highest BCUT2D eigenvalue weighted by Crippen LogP contribution is 2.38. The molecule has 0 rings (SSSR count). The highest BCUT2D eigenvalue weighted by Gasteiger charge is 2.21. The summed E-state index contributed by atoms with van der Waals surface area (Å²) in [4.78, 5) is 37.4. The van der Waals surface area contributed by atoms with E-state index in [0.717, 1.165) is 57.8 Å². The Morgan fingerprint density at radius 3 is 1.61 bits per heavy atom. The summed E-state index contributed by atoms with van der Waals surface area (Å²) >= 11 is 0. The summed E-state index contributed by atoms with van der Waals surface area (Å²) in [5, 5.41) is 0. The molecule has 0 N–H and O–H groups in total. The van der Waals surface area contributed by atoms with Crippen LogP contribution in [0, 0.1) is 0 Å². The standard InChI is InChI=1S/C41H78NO8P/c1-6-8-10-12-14-16-18-20-22-23-25-27-29-31-33-40(43)47-37-39(38-49-51(45,46)48-36-35-42(3,4)5)50-41(44)34-32-30-28-26-24-21-19-17-15-13-11-9-7-2/h12,14,18,20,39H,6-11,13,15-17,19,21-38H2,1-5H3/b14-12-,20-18-/t39-/m1/s1. The number of rotatable bonds is 37. The van der Waals surface area contributed by atoms with Crippen molar-refractivity contribution in [2.45, 2.75) is 180 Å². The largest absolute Gasteiger partial charge is 0.756 e. The molecular weight excluding hydrogens is 665 g/mol. The first-order chi connectivity index (χ1) is 24.5. The minimum atomic E-state index is -4.62. The number of phosphoric acid groups is 1. The normalized spacial score (nSPS) is 13.9. The molecule has 51 heavy (non-hydrogen) atoms. The number of carbonyl (C=O) groups is 2. The van der Waals surface area contributed by atoms with Crippen LogP contribution in [0.1, 0.15) is 174 Å². The molecule has 0 bridgehead atoms. The second-order valence-electron chi connectivity index (χ2n) is 15.0. The van der Waals surface area contributed by atoms with Gasteiger partial charge in [0.1, 0.15) is 19.8 Å². The SMILES string of the molecule is CCCC/C=C\C/C=C\CCCCCCCC(=O)OC[C@H](COP(=O)([O-])OCC[N+](C)(C)C)OC(=O)CCCCCCCCCCCCCCC. The number of nitrogens with zero attached hydrogens (tertiary/aromatic N) is 1. The van der Waals surface area contributed by atoms with Gasteiger partial charge in [0, 0.05) is 12.8 Å². The van der Waals surface area contributed by atoms with Crippen molar-refractivity contribution in [3.8, 4) is 0 Å². The Labute approximate surface area is 313 Å². The predicted octanol–water partition coefficient (Wildman–Crippen LogP) is 10.6. The molecule has 0 radical (unpaired) electrons. The highest BCUT2D eigenvalue weighted by molar-refractivity contribution is 7.45. The average molecular weight is 744 g/mol. The first-order valence-electron chi connectivity index (χ1n) is 20.5. The number of carbonyl (C=O) groups excluding carboxylic acids is 2. The van der Waals surface area contributed by atoms with Crippen LogP contribution in [-0.2, 0) is 32.7 Å². The molecule has 0 aliphatic rings. The van der Waals surface area contributed by atoms with Gasteiger partial charge in [-0.2, -0.15) is 0 Å². The van der Waals surface area contributed by atoms with Gasteiger partial charge in [-0.05, 0) is 38.5 Å². The van der Waals surface area contributed by atoms with Crippen molar-refractivity contribution in [3.63, 3.8) is 0 Å². The Kier molecular flexibility index (Phi) is 33.3. The molecule has 0 fully saturated rings. The lowest BCUT2D eigenvalue weighted by Gasteiger charge is -2.28. The van der Waals surface area contributed by atoms with Gasteiger partial charge in [0.2, 0.25) is 0 Å². The van der Waals surface area contributed by atoms with Gasteiger partial charge < -0.3 is 27.9 Å². The number of likely N-dealkylation sites (N-methyl/N-ethyl adjacent to an activating group) is 1. The molecule has 10 heteroatoms. The summed E-state index contributed by atoms with van der Waals surface area (Å²) in [5.41, 5.74) is 0. The fraction of sp³-hybridized carbons (Fsp3) is 0.854. The predicted molar refractivity (Wildman–Crippen MR) is 208 cm³/mol. The minimum Gasteiger partial charge on any atom is -0.756 e. The zero-order valence-electron chi connectivity index (χ0n) is 33.6. The quantitative estimate of drug-likeness (QED) is 0.0203. The topological polar surface area (TPSA) is 111 Å². The molecule has 2 atom stereocenters. The molecule has 0 aromatic heterocycles. The van der Waals surface area contributed by atoms with Crippen molar-refractivity contribution >= 4 is 19.8 Å². The van der Waals surface area contributed by atoms with Crippen LogP contribution in [0.25, 0.3) is 0 Å². The lowest BCUT2D eigenvalue weighted by Crippen LogP contribution is -2.37. The van der Waals surface area contributed by atoms with Gasteiger partial charge in [-0.15, -0.1) is 0 Å². The summed E-state index contributed by atoms with van der Waals surface area (Å²) in [7, 11) is 1.16. The number of hydrogen-bond donors (Lipinski definition) is 0. The Morgan fingerprint density at radius 1 is 0.608 bits per heavy atom. The molecule has 0 aliphatic carbocycles. The lowest BCUT2D eigenvalue weighted by molar-refractivity contribution is -0.870. The summed E-state index contributed by atoms with van der Waals surface area (Å²) < 4.78 is 33.8. The molecule has 0 heterocycles. The number of allylic oxidation sites excluding steroid dienone is 4. The molecule has 300 valence electrons. The van der Waals surface area contributed by atoms with E-state index in [4.69, 9.17) is 18.5 Å². The van der Waals surface area contributed by atoms with E-state index in [1.54, 1.807) is 0 Å². The van der Waals surface area contributed by atoms with Crippen molar-refractivity contribution < 1.29 is 42.1 Å². The van der Waals surface area contributed by atoms with E-state index >= 15 is 0 Å². The number of unbranched alkanes of at least 4 members (excludes halogenated alkanes) is 19. The van der Waals surface area contributed by atoms with E-state index in [1.165, 1.54) is 77.0 Å². The van der Waals surface area contributed by atoms with Crippen molar-refractivity contribution in [2.24, 2.45) is 0 Å². The summed E-state index contributed by atoms with van der Waals surface area (Å²) in [6, 6.07) is 0. The summed E-state index contributed by atoms with van der Waals surface area (Å²) in [6.45, 7) is 4.17. The number of esters is 2. The second-order valence-corrected chi connectivity index (χ2v) is 16.4. The van der Waals surface area contributed by atoms with Gasteiger partial charge in [0.25, 0.3) is 7.82 Å². The van der Waals surface area contributed by atoms with E-state index in [2.05, 4.69) is 38.2 Å². The molecule has 0 spiro atoms. The molecule has 9 nitrogen and oxygen atoms in total. The number of phosphoric ester groups is 1. The molecule has 1 unspecified atom stereocenters. The molecule has 0 saturated carbocycles. The molecule has 0 amide bonds. The first-order valence-corrected chi connectivity index (χ1v) is 22.0. The maximum absolute atomic E-state index is 12.6. The van der Waals surface area contributed by atoms with Gasteiger partial charge in [-0.1, -0.05) is 147 Å². The number of quaternary nitrogens is 1. The Hall–Kier alpha value is -1.51. The monoisotopic (exact) mass is 744 g/mol. The van der Waals surface area contributed by atoms with E-state index in [0.29, 0.717) is 23.9 Å². The fourth-order valence-corrected chi connectivity index (χ4v) is 6.16. The van der Waals surface area contributed by atoms with Crippen LogP contribution in [0.2, 0.25) is 0 Å². The zero-order valence-corrected chi connectivity index (χ0v) is 34.4. The highest BCUT2D eigenvalue weighted by atomic mass is 31.2. The Morgan fingerprint density at radius 2 is 1.08 bits per heavy atom. The van der Waals surface area contributed by atoms with Gasteiger partial charge in [-0.3, -0.25) is 14.2 Å². The smallest absolute Gasteiger partial charge is 0.306 e. The van der Waals surface area contributed by atoms with Crippen molar-refractivity contribution in [1.82, 2.24) is 0 Å². The van der Waals surface area contributed by atoms with Crippen molar-refractivity contribution in [1.29, 1.82) is 0 Å². The summed E-state index contributed by atoms with van der Waals surface area (Å²) in [5.74, 6) is -0.848. The van der Waals surface area contributed by atoms with E-state index < -0.39 is 32.5 Å². The molecule has 0 saturated heterocycles. The molecular formula is C41H78NO8P. The molecule has 0 aromatic carbocycles. The van der Waals surface area contributed by atoms with Crippen LogP contribution in [0.3, 0.4) is 0 Å². The van der Waals surface area contributed by atoms with Gasteiger partial charge in [0.05, 0.1) is 27.7 Å². The Balaban J connectivity index is 4.41. The minimum absolute atomic E-state index is 0.0315. The van der Waals surface area contributed by atoms with E-state index in [1.807, 2.05) is 21.1 Å². The second kappa shape index (κ2) is 34.3. The van der Waals surface area contributed by atoms with Gasteiger partial charge >= 0.3 is 11.9 Å². The third-order valence-corrected chi connectivity index (χ3v) is 9.69. The summed E-state index contributed by atoms with van der Waals surface area (Å²) in [6.07, 6.45) is 34.8. The molecule has 0 aromatic rings. The maximum atomic E-state index is 12.6. The average Bonchev–Trinajstić information content (AvgIpc) is 3.07. The number of ether oxygens (including phenoxy) is 2. The van der Waals surface area contributed by atoms with Crippen LogP contribution in [0.4, 0.5) is 0 Å². The number of hydrogen-bond acceptors (Lipinski definition) is 8. The Bertz CT molecular complexity index is 933. The zero-order chi connectivity index (χ0) is 37.9. The first kappa shape index (κ1) is 49.5. The molecule has 0 aliphatic heterocycles. The third kappa shape index (κ3) is 38.0. The van der Waals surface area contributed by atoms with Crippen LogP contribution in [0.15, 0.2) is 24.3 Å².